The van der Waals surface area contributed by atoms with E-state index in [4.69, 9.17) is 4.98 Å². The summed E-state index contributed by atoms with van der Waals surface area (Å²) in [5.41, 5.74) is 1.99. The van der Waals surface area contributed by atoms with Crippen LogP contribution in [0.4, 0.5) is 5.82 Å². The number of aromatic nitrogens is 2. The predicted molar refractivity (Wildman–Crippen MR) is 109 cm³/mol. The number of nitrogens with zero attached hydrogens (tertiary/aromatic N) is 3. The Hall–Kier alpha value is -1.55. The van der Waals surface area contributed by atoms with Gasteiger partial charge in [-0.15, -0.1) is 0 Å². The van der Waals surface area contributed by atoms with Gasteiger partial charge in [-0.3, -0.25) is 0 Å². The fourth-order valence-corrected chi connectivity index (χ4v) is 5.70. The highest BCUT2D eigenvalue weighted by Crippen LogP contribution is 2.50. The first kappa shape index (κ1) is 17.8. The van der Waals surface area contributed by atoms with Gasteiger partial charge in [0, 0.05) is 18.0 Å². The molecule has 2 aromatic rings. The third-order valence-corrected chi connectivity index (χ3v) is 7.66. The van der Waals surface area contributed by atoms with Crippen LogP contribution in [0, 0.1) is 11.3 Å². The largest absolute Gasteiger partial charge is 0.355 e. The molecule has 0 N–H and O–H groups in total. The number of hydrogen-bond donors (Lipinski definition) is 0. The van der Waals surface area contributed by atoms with Crippen molar-refractivity contribution in [2.75, 3.05) is 18.0 Å². The molecule has 1 aromatic heterocycles. The van der Waals surface area contributed by atoms with Crippen molar-refractivity contribution in [3.8, 4) is 0 Å². The quantitative estimate of drug-likeness (QED) is 0.704. The molecule has 138 valence electrons. The molecule has 4 heteroatoms. The maximum Gasteiger partial charge on any atom is 0.147 e. The zero-order valence-corrected chi connectivity index (χ0v) is 16.8. The van der Waals surface area contributed by atoms with E-state index in [0.717, 1.165) is 36.3 Å². The maximum atomic E-state index is 4.73. The van der Waals surface area contributed by atoms with Crippen LogP contribution >= 0.6 is 11.8 Å². The molecule has 2 aliphatic rings. The molecule has 0 radical (unpaired) electrons. The van der Waals surface area contributed by atoms with Crippen molar-refractivity contribution >= 4 is 17.6 Å². The number of anilines is 1. The summed E-state index contributed by atoms with van der Waals surface area (Å²) in [6.45, 7) is 6.92. The highest BCUT2D eigenvalue weighted by Gasteiger charge is 2.42. The molecule has 1 saturated carbocycles. The van der Waals surface area contributed by atoms with Crippen LogP contribution in [-0.2, 0) is 6.42 Å². The van der Waals surface area contributed by atoms with Gasteiger partial charge in [-0.1, -0.05) is 56.7 Å². The minimum absolute atomic E-state index is 0.615. The summed E-state index contributed by atoms with van der Waals surface area (Å²) in [7, 11) is 0. The Morgan fingerprint density at radius 1 is 1.12 bits per heavy atom. The van der Waals surface area contributed by atoms with E-state index in [1.165, 1.54) is 42.6 Å². The highest BCUT2D eigenvalue weighted by molar-refractivity contribution is 7.99. The van der Waals surface area contributed by atoms with Gasteiger partial charge in [-0.25, -0.2) is 9.97 Å². The molecule has 1 aliphatic carbocycles. The van der Waals surface area contributed by atoms with E-state index < -0.39 is 0 Å². The number of benzene rings is 1. The minimum Gasteiger partial charge on any atom is -0.355 e. The predicted octanol–water partition coefficient (Wildman–Crippen LogP) is 5.60. The third kappa shape index (κ3) is 3.48. The molecule has 1 atom stereocenters. The molecule has 2 heterocycles. The van der Waals surface area contributed by atoms with Crippen molar-refractivity contribution in [1.82, 2.24) is 9.97 Å². The second kappa shape index (κ2) is 7.59. The Bertz CT molecular complexity index is 735. The van der Waals surface area contributed by atoms with Gasteiger partial charge in [0.25, 0.3) is 0 Å². The van der Waals surface area contributed by atoms with Gasteiger partial charge < -0.3 is 4.90 Å². The summed E-state index contributed by atoms with van der Waals surface area (Å²) in [5.74, 6) is 1.94. The number of rotatable bonds is 4. The fraction of sp³-hybridized carbons (Fsp3) is 0.545. The van der Waals surface area contributed by atoms with E-state index in [-0.39, 0.29) is 0 Å². The fourth-order valence-electron chi connectivity index (χ4n) is 4.77. The Kier molecular flexibility index (Phi) is 5.21. The van der Waals surface area contributed by atoms with E-state index >= 15 is 0 Å². The van der Waals surface area contributed by atoms with Crippen molar-refractivity contribution in [2.45, 2.75) is 62.3 Å². The molecule has 1 aromatic carbocycles. The lowest BCUT2D eigenvalue weighted by molar-refractivity contribution is 0.161. The molecule has 26 heavy (non-hydrogen) atoms. The van der Waals surface area contributed by atoms with Crippen LogP contribution in [-0.4, -0.2) is 23.1 Å². The van der Waals surface area contributed by atoms with Crippen LogP contribution in [0.2, 0.25) is 0 Å². The lowest BCUT2D eigenvalue weighted by Gasteiger charge is -2.42. The third-order valence-electron chi connectivity index (χ3n) is 6.62. The summed E-state index contributed by atoms with van der Waals surface area (Å²) in [6, 6.07) is 8.56. The molecule has 4 rings (SSSR count). The molecule has 1 saturated heterocycles. The van der Waals surface area contributed by atoms with Gasteiger partial charge in [0.05, 0.1) is 12.4 Å². The van der Waals surface area contributed by atoms with Gasteiger partial charge in [-0.05, 0) is 48.6 Å². The van der Waals surface area contributed by atoms with Crippen molar-refractivity contribution in [2.24, 2.45) is 11.3 Å². The number of piperidine rings is 1. The zero-order valence-electron chi connectivity index (χ0n) is 15.9. The molecular formula is C22H29N3S. The van der Waals surface area contributed by atoms with Crippen molar-refractivity contribution in [3.05, 3.63) is 42.2 Å². The van der Waals surface area contributed by atoms with Crippen LogP contribution in [0.15, 0.2) is 46.6 Å². The summed E-state index contributed by atoms with van der Waals surface area (Å²) < 4.78 is 0. The SMILES string of the molecule is CCc1ccccc1Sc1cnc(N2CCC3(CCC[C@@H]3C)CC2)cn1. The van der Waals surface area contributed by atoms with E-state index in [1.807, 2.05) is 12.4 Å². The van der Waals surface area contributed by atoms with Crippen LogP contribution in [0.25, 0.3) is 0 Å². The molecule has 0 amide bonds. The molecule has 1 aliphatic heterocycles. The Morgan fingerprint density at radius 2 is 1.92 bits per heavy atom. The van der Waals surface area contributed by atoms with Gasteiger partial charge >= 0.3 is 0 Å². The van der Waals surface area contributed by atoms with Gasteiger partial charge in [0.2, 0.25) is 0 Å². The summed E-state index contributed by atoms with van der Waals surface area (Å²) in [6.07, 6.45) is 11.9. The molecular weight excluding hydrogens is 338 g/mol. The van der Waals surface area contributed by atoms with Crippen LogP contribution in [0.3, 0.4) is 0 Å². The van der Waals surface area contributed by atoms with Gasteiger partial charge in [-0.2, -0.15) is 0 Å². The maximum absolute atomic E-state index is 4.73. The van der Waals surface area contributed by atoms with E-state index in [1.54, 1.807) is 11.8 Å². The van der Waals surface area contributed by atoms with Gasteiger partial charge in [0.15, 0.2) is 0 Å². The van der Waals surface area contributed by atoms with Gasteiger partial charge in [0.1, 0.15) is 10.8 Å². The standard InChI is InChI=1S/C22H29N3S/c1-3-18-8-4-5-9-19(18)26-21-16-23-20(15-24-21)25-13-11-22(12-14-25)10-6-7-17(22)2/h4-5,8-9,15-17H,3,6-7,10-14H2,1-2H3/t17-/m0/s1. The molecule has 2 fully saturated rings. The molecule has 1 spiro atoms. The average Bonchev–Trinajstić information content (AvgIpc) is 3.03. The summed E-state index contributed by atoms with van der Waals surface area (Å²) >= 11 is 1.72. The van der Waals surface area contributed by atoms with E-state index in [0.29, 0.717) is 5.41 Å². The van der Waals surface area contributed by atoms with Crippen LogP contribution in [0.1, 0.15) is 51.5 Å². The topological polar surface area (TPSA) is 29.0 Å². The van der Waals surface area contributed by atoms with Crippen LogP contribution < -0.4 is 4.90 Å². The Labute approximate surface area is 161 Å². The highest BCUT2D eigenvalue weighted by atomic mass is 32.2. The summed E-state index contributed by atoms with van der Waals surface area (Å²) in [4.78, 5) is 13.1. The smallest absolute Gasteiger partial charge is 0.147 e. The zero-order chi connectivity index (χ0) is 18.0. The normalized spacial score (nSPS) is 22.1. The average molecular weight is 368 g/mol. The second-order valence-corrected chi connectivity index (χ2v) is 8.98. The Balaban J connectivity index is 1.41. The molecule has 3 nitrogen and oxygen atoms in total. The molecule has 0 bridgehead atoms. The Morgan fingerprint density at radius 3 is 2.58 bits per heavy atom. The number of hydrogen-bond acceptors (Lipinski definition) is 4. The van der Waals surface area contributed by atoms with Crippen LogP contribution in [0.5, 0.6) is 0 Å². The minimum atomic E-state index is 0.615. The van der Waals surface area contributed by atoms with Crippen molar-refractivity contribution in [1.29, 1.82) is 0 Å². The molecule has 0 unspecified atom stereocenters. The van der Waals surface area contributed by atoms with E-state index in [2.05, 4.69) is 48.0 Å². The second-order valence-electron chi connectivity index (χ2n) is 7.92. The first-order chi connectivity index (χ1) is 12.7. The monoisotopic (exact) mass is 367 g/mol. The van der Waals surface area contributed by atoms with E-state index in [9.17, 15) is 0 Å². The lowest BCUT2D eigenvalue weighted by atomic mass is 9.71. The summed E-state index contributed by atoms with van der Waals surface area (Å²) in [5, 5.41) is 0.979. The first-order valence-electron chi connectivity index (χ1n) is 10.0. The van der Waals surface area contributed by atoms with Crippen molar-refractivity contribution < 1.29 is 0 Å². The number of aryl methyl sites for hydroxylation is 1. The first-order valence-corrected chi connectivity index (χ1v) is 10.8. The lowest BCUT2D eigenvalue weighted by Crippen LogP contribution is -2.41. The van der Waals surface area contributed by atoms with Crippen molar-refractivity contribution in [3.63, 3.8) is 0 Å².